The highest BCUT2D eigenvalue weighted by Crippen LogP contribution is 2.04. The van der Waals surface area contributed by atoms with Crippen molar-refractivity contribution in [3.8, 4) is 0 Å². The van der Waals surface area contributed by atoms with Crippen LogP contribution in [0.5, 0.6) is 0 Å². The molecule has 17 heavy (non-hydrogen) atoms. The van der Waals surface area contributed by atoms with Gasteiger partial charge in [-0.25, -0.2) is 4.79 Å². The number of nitrogens with zero attached hydrogens (tertiary/aromatic N) is 1. The molecule has 0 saturated heterocycles. The van der Waals surface area contributed by atoms with Crippen LogP contribution in [0.25, 0.3) is 0 Å². The molecule has 0 spiro atoms. The number of carbonyl (C=O) groups is 1. The molecule has 1 rings (SSSR count). The molecule has 92 valence electrons. The van der Waals surface area contributed by atoms with E-state index in [9.17, 15) is 4.79 Å². The van der Waals surface area contributed by atoms with Gasteiger partial charge in [0.2, 0.25) is 0 Å². The maximum atomic E-state index is 10.4. The number of hydrogen-bond acceptors (Lipinski definition) is 4. The van der Waals surface area contributed by atoms with Gasteiger partial charge in [0.25, 0.3) is 0 Å². The molecule has 0 bridgehead atoms. The van der Waals surface area contributed by atoms with Gasteiger partial charge in [0.15, 0.2) is 5.71 Å². The molecular weight excluding hydrogens is 220 g/mol. The third-order valence-electron chi connectivity index (χ3n) is 2.03. The Bertz CT molecular complexity index is 377. The lowest BCUT2D eigenvalue weighted by atomic mass is 10.3. The van der Waals surface area contributed by atoms with Crippen molar-refractivity contribution in [3.63, 3.8) is 0 Å². The molecule has 5 heteroatoms. The second kappa shape index (κ2) is 7.27. The molecule has 0 radical (unpaired) electrons. The molecule has 0 unspecified atom stereocenters. The Balaban J connectivity index is 2.10. The lowest BCUT2D eigenvalue weighted by Gasteiger charge is -2.05. The van der Waals surface area contributed by atoms with Gasteiger partial charge in [-0.3, -0.25) is 0 Å². The first-order valence-electron chi connectivity index (χ1n) is 5.39. The van der Waals surface area contributed by atoms with Crippen molar-refractivity contribution in [2.24, 2.45) is 5.16 Å². The predicted molar refractivity (Wildman–Crippen MR) is 66.2 cm³/mol. The number of carboxylic acid groups (broad SMARTS) is 1. The van der Waals surface area contributed by atoms with E-state index in [1.807, 2.05) is 30.3 Å². The van der Waals surface area contributed by atoms with Gasteiger partial charge < -0.3 is 15.3 Å². The quantitative estimate of drug-likeness (QED) is 0.431. The Hall–Kier alpha value is -2.04. The van der Waals surface area contributed by atoms with Crippen molar-refractivity contribution < 1.29 is 14.7 Å². The summed E-state index contributed by atoms with van der Waals surface area (Å²) in [7, 11) is 0. The van der Waals surface area contributed by atoms with Crippen molar-refractivity contribution in [3.05, 3.63) is 30.3 Å². The van der Waals surface area contributed by atoms with Crippen molar-refractivity contribution in [1.29, 1.82) is 0 Å². The van der Waals surface area contributed by atoms with Crippen LogP contribution in [0.15, 0.2) is 35.5 Å². The summed E-state index contributed by atoms with van der Waals surface area (Å²) in [4.78, 5) is 15.2. The zero-order valence-electron chi connectivity index (χ0n) is 9.72. The number of hydrogen-bond donors (Lipinski definition) is 2. The van der Waals surface area contributed by atoms with Gasteiger partial charge in [-0.15, -0.1) is 0 Å². The third kappa shape index (κ3) is 5.55. The topological polar surface area (TPSA) is 70.9 Å². The van der Waals surface area contributed by atoms with E-state index in [0.29, 0.717) is 6.61 Å². The third-order valence-corrected chi connectivity index (χ3v) is 2.03. The molecule has 0 aliphatic rings. The van der Waals surface area contributed by atoms with Gasteiger partial charge in [-0.2, -0.15) is 0 Å². The SMILES string of the molecule is C/C(=N\OCCCNc1ccccc1)C(=O)O. The van der Waals surface area contributed by atoms with E-state index in [1.165, 1.54) is 6.92 Å². The summed E-state index contributed by atoms with van der Waals surface area (Å²) in [6, 6.07) is 9.83. The minimum absolute atomic E-state index is 0.0407. The first-order valence-corrected chi connectivity index (χ1v) is 5.39. The zero-order valence-corrected chi connectivity index (χ0v) is 9.72. The van der Waals surface area contributed by atoms with Crippen molar-refractivity contribution in [1.82, 2.24) is 0 Å². The smallest absolute Gasteiger partial charge is 0.353 e. The Morgan fingerprint density at radius 3 is 2.76 bits per heavy atom. The average Bonchev–Trinajstić information content (AvgIpc) is 2.34. The molecule has 0 atom stereocenters. The highest BCUT2D eigenvalue weighted by atomic mass is 16.6. The number of benzene rings is 1. The van der Waals surface area contributed by atoms with Gasteiger partial charge >= 0.3 is 5.97 Å². The molecule has 0 heterocycles. The van der Waals surface area contributed by atoms with Gasteiger partial charge in [0.1, 0.15) is 6.61 Å². The number of rotatable bonds is 7. The molecule has 0 aromatic heterocycles. The lowest BCUT2D eigenvalue weighted by molar-refractivity contribution is -0.129. The summed E-state index contributed by atoms with van der Waals surface area (Å²) in [6.45, 7) is 2.54. The summed E-state index contributed by atoms with van der Waals surface area (Å²) in [5.41, 5.74) is 1.01. The van der Waals surface area contributed by atoms with E-state index in [4.69, 9.17) is 9.94 Å². The van der Waals surface area contributed by atoms with E-state index >= 15 is 0 Å². The predicted octanol–water partition coefficient (Wildman–Crippen LogP) is 1.97. The molecule has 0 amide bonds. The van der Waals surface area contributed by atoms with Gasteiger partial charge in [0.05, 0.1) is 0 Å². The van der Waals surface area contributed by atoms with Gasteiger partial charge in [0, 0.05) is 18.7 Å². The van der Waals surface area contributed by atoms with Crippen LogP contribution in [0.3, 0.4) is 0 Å². The van der Waals surface area contributed by atoms with Crippen molar-refractivity contribution in [2.75, 3.05) is 18.5 Å². The van der Waals surface area contributed by atoms with E-state index in [-0.39, 0.29) is 5.71 Å². The molecule has 0 aliphatic carbocycles. The van der Waals surface area contributed by atoms with E-state index < -0.39 is 5.97 Å². The fourth-order valence-electron chi connectivity index (χ4n) is 1.11. The molecule has 0 saturated carbocycles. The molecule has 0 fully saturated rings. The number of nitrogens with one attached hydrogen (secondary N) is 1. The fourth-order valence-corrected chi connectivity index (χ4v) is 1.11. The van der Waals surface area contributed by atoms with Gasteiger partial charge in [-0.1, -0.05) is 23.4 Å². The largest absolute Gasteiger partial charge is 0.477 e. The Morgan fingerprint density at radius 2 is 2.12 bits per heavy atom. The average molecular weight is 236 g/mol. The second-order valence-electron chi connectivity index (χ2n) is 3.46. The zero-order chi connectivity index (χ0) is 12.5. The van der Waals surface area contributed by atoms with Crippen molar-refractivity contribution >= 4 is 17.4 Å². The summed E-state index contributed by atoms with van der Waals surface area (Å²) in [5, 5.41) is 15.2. The number of anilines is 1. The van der Waals surface area contributed by atoms with Crippen LogP contribution < -0.4 is 5.32 Å². The standard InChI is InChI=1S/C12H16N2O3/c1-10(12(15)16)14-17-9-5-8-13-11-6-3-2-4-7-11/h2-4,6-7,13H,5,8-9H2,1H3,(H,15,16)/b14-10+. The second-order valence-corrected chi connectivity index (χ2v) is 3.46. The van der Waals surface area contributed by atoms with Crippen LogP contribution >= 0.6 is 0 Å². The van der Waals surface area contributed by atoms with Gasteiger partial charge in [-0.05, 0) is 19.1 Å². The minimum atomic E-state index is -1.06. The fraction of sp³-hybridized carbons (Fsp3) is 0.333. The highest BCUT2D eigenvalue weighted by Gasteiger charge is 2.00. The normalized spacial score (nSPS) is 11.0. The van der Waals surface area contributed by atoms with Crippen LogP contribution in [0, 0.1) is 0 Å². The molecule has 1 aromatic carbocycles. The summed E-state index contributed by atoms with van der Waals surface area (Å²) in [6.07, 6.45) is 0.755. The first kappa shape index (κ1) is 13.0. The number of para-hydroxylation sites is 1. The first-order chi connectivity index (χ1) is 8.20. The van der Waals surface area contributed by atoms with Crippen LogP contribution in [0.4, 0.5) is 5.69 Å². The summed E-state index contributed by atoms with van der Waals surface area (Å²) in [5.74, 6) is -1.06. The number of carboxylic acids is 1. The van der Waals surface area contributed by atoms with E-state index in [2.05, 4.69) is 10.5 Å². The monoisotopic (exact) mass is 236 g/mol. The molecule has 2 N–H and O–H groups in total. The van der Waals surface area contributed by atoms with Crippen LogP contribution in [0.1, 0.15) is 13.3 Å². The van der Waals surface area contributed by atoms with Crippen LogP contribution in [-0.2, 0) is 9.63 Å². The molecule has 0 aliphatic heterocycles. The van der Waals surface area contributed by atoms with Crippen molar-refractivity contribution in [2.45, 2.75) is 13.3 Å². The maximum absolute atomic E-state index is 10.4. The van der Waals surface area contributed by atoms with E-state index in [0.717, 1.165) is 18.7 Å². The summed E-state index contributed by atoms with van der Waals surface area (Å²) < 4.78 is 0. The molecular formula is C12H16N2O3. The maximum Gasteiger partial charge on any atom is 0.353 e. The minimum Gasteiger partial charge on any atom is -0.477 e. The number of oxime groups is 1. The Morgan fingerprint density at radius 1 is 1.41 bits per heavy atom. The number of aliphatic carboxylic acids is 1. The Kier molecular flexibility index (Phi) is 5.57. The Labute approximate surface area is 100 Å². The molecule has 1 aromatic rings. The highest BCUT2D eigenvalue weighted by molar-refractivity contribution is 6.34. The molecule has 5 nitrogen and oxygen atoms in total. The summed E-state index contributed by atoms with van der Waals surface area (Å²) >= 11 is 0. The van der Waals surface area contributed by atoms with Crippen LogP contribution in [0.2, 0.25) is 0 Å². The van der Waals surface area contributed by atoms with Crippen LogP contribution in [-0.4, -0.2) is 29.9 Å². The lowest BCUT2D eigenvalue weighted by Crippen LogP contribution is -2.09. The van der Waals surface area contributed by atoms with E-state index in [1.54, 1.807) is 0 Å².